The highest BCUT2D eigenvalue weighted by molar-refractivity contribution is 6.22. The summed E-state index contributed by atoms with van der Waals surface area (Å²) in [6.45, 7) is 1.67. The lowest BCUT2D eigenvalue weighted by molar-refractivity contribution is 0.104. The molecule has 0 saturated heterocycles. The monoisotopic (exact) mass is 280 g/mol. The molecule has 0 aliphatic heterocycles. The number of anilines is 1. The fourth-order valence-corrected chi connectivity index (χ4v) is 2.82. The molecule has 0 unspecified atom stereocenters. The second kappa shape index (κ2) is 6.10. The van der Waals surface area contributed by atoms with Crippen LogP contribution in [0.25, 0.3) is 11.1 Å². The number of ketones is 1. The van der Waals surface area contributed by atoms with Crippen LogP contribution in [0, 0.1) is 0 Å². The number of unbranched alkanes of at least 4 members (excludes halogenated alkanes) is 2. The topological polar surface area (TPSA) is 55.1 Å². The molecule has 2 aromatic carbocycles. The maximum absolute atomic E-state index is 12.4. The normalized spacial score (nSPS) is 12.1. The lowest BCUT2D eigenvalue weighted by Crippen LogP contribution is -2.04. The first-order valence-corrected chi connectivity index (χ1v) is 7.53. The van der Waals surface area contributed by atoms with Gasteiger partial charge in [0, 0.05) is 23.4 Å². The second-order valence-electron chi connectivity index (χ2n) is 5.41. The highest BCUT2D eigenvalue weighted by atomic mass is 16.1. The summed E-state index contributed by atoms with van der Waals surface area (Å²) in [5.74, 6) is 0.132. The van der Waals surface area contributed by atoms with Crippen molar-refractivity contribution in [2.75, 3.05) is 18.4 Å². The molecule has 0 aromatic heterocycles. The lowest BCUT2D eigenvalue weighted by Gasteiger charge is -2.08. The van der Waals surface area contributed by atoms with Crippen molar-refractivity contribution in [2.45, 2.75) is 19.3 Å². The summed E-state index contributed by atoms with van der Waals surface area (Å²) < 4.78 is 0. The van der Waals surface area contributed by atoms with E-state index in [1.54, 1.807) is 0 Å². The Morgan fingerprint density at radius 2 is 1.62 bits per heavy atom. The van der Waals surface area contributed by atoms with Gasteiger partial charge in [0.15, 0.2) is 5.78 Å². The van der Waals surface area contributed by atoms with E-state index in [1.807, 2.05) is 36.4 Å². The summed E-state index contributed by atoms with van der Waals surface area (Å²) in [6, 6.07) is 13.9. The Balaban J connectivity index is 1.73. The first-order valence-electron chi connectivity index (χ1n) is 7.53. The van der Waals surface area contributed by atoms with Crippen LogP contribution < -0.4 is 11.1 Å². The van der Waals surface area contributed by atoms with E-state index in [0.29, 0.717) is 0 Å². The van der Waals surface area contributed by atoms with Crippen LogP contribution in [0.4, 0.5) is 5.69 Å². The Labute approximate surface area is 125 Å². The standard InChI is InChI=1S/C18H20N2O/c19-10-4-1-5-11-20-13-8-9-15-14-6-2-3-7-16(14)18(21)17(15)12-13/h2-3,6-9,12,20H,1,4-5,10-11,19H2. The van der Waals surface area contributed by atoms with E-state index >= 15 is 0 Å². The van der Waals surface area contributed by atoms with Gasteiger partial charge >= 0.3 is 0 Å². The van der Waals surface area contributed by atoms with Gasteiger partial charge in [0.2, 0.25) is 0 Å². The van der Waals surface area contributed by atoms with Gasteiger partial charge in [-0.05, 0) is 42.6 Å². The molecule has 1 aliphatic rings. The maximum atomic E-state index is 12.4. The molecular formula is C18H20N2O. The molecule has 0 radical (unpaired) electrons. The predicted molar refractivity (Wildman–Crippen MR) is 86.7 cm³/mol. The van der Waals surface area contributed by atoms with Crippen molar-refractivity contribution in [3.63, 3.8) is 0 Å². The summed E-state index contributed by atoms with van der Waals surface area (Å²) in [5.41, 5.74) is 10.2. The highest BCUT2D eigenvalue weighted by Crippen LogP contribution is 2.37. The molecule has 108 valence electrons. The van der Waals surface area contributed by atoms with Crippen LogP contribution in [0.5, 0.6) is 0 Å². The van der Waals surface area contributed by atoms with Gasteiger partial charge in [-0.15, -0.1) is 0 Å². The first kappa shape index (κ1) is 13.8. The quantitative estimate of drug-likeness (QED) is 0.680. The van der Waals surface area contributed by atoms with Crippen molar-refractivity contribution in [1.82, 2.24) is 0 Å². The zero-order chi connectivity index (χ0) is 14.7. The fourth-order valence-electron chi connectivity index (χ4n) is 2.82. The number of carbonyl (C=O) groups is 1. The Morgan fingerprint density at radius 3 is 2.43 bits per heavy atom. The SMILES string of the molecule is NCCCCCNc1ccc2c(c1)C(=O)c1ccccc1-2. The molecular weight excluding hydrogens is 260 g/mol. The van der Waals surface area contributed by atoms with Crippen molar-refractivity contribution in [1.29, 1.82) is 0 Å². The molecule has 0 bridgehead atoms. The predicted octanol–water partition coefficient (Wildman–Crippen LogP) is 3.44. The first-order chi connectivity index (χ1) is 10.3. The van der Waals surface area contributed by atoms with Crippen LogP contribution in [0.3, 0.4) is 0 Å². The van der Waals surface area contributed by atoms with Crippen molar-refractivity contribution in [3.8, 4) is 11.1 Å². The molecule has 0 spiro atoms. The van der Waals surface area contributed by atoms with Gasteiger partial charge in [0.25, 0.3) is 0 Å². The molecule has 0 atom stereocenters. The van der Waals surface area contributed by atoms with E-state index in [-0.39, 0.29) is 5.78 Å². The van der Waals surface area contributed by atoms with Crippen molar-refractivity contribution in [2.24, 2.45) is 5.73 Å². The number of nitrogens with one attached hydrogen (secondary N) is 1. The summed E-state index contributed by atoms with van der Waals surface area (Å²) in [6.07, 6.45) is 3.31. The maximum Gasteiger partial charge on any atom is 0.194 e. The van der Waals surface area contributed by atoms with Crippen molar-refractivity contribution in [3.05, 3.63) is 53.6 Å². The van der Waals surface area contributed by atoms with Gasteiger partial charge in [-0.25, -0.2) is 0 Å². The molecule has 0 amide bonds. The third kappa shape index (κ3) is 2.69. The molecule has 1 aliphatic carbocycles. The van der Waals surface area contributed by atoms with Crippen molar-refractivity contribution < 1.29 is 4.79 Å². The Kier molecular flexibility index (Phi) is 4.02. The second-order valence-corrected chi connectivity index (χ2v) is 5.41. The summed E-state index contributed by atoms with van der Waals surface area (Å²) in [4.78, 5) is 12.4. The highest BCUT2D eigenvalue weighted by Gasteiger charge is 2.25. The number of nitrogens with two attached hydrogens (primary N) is 1. The molecule has 0 fully saturated rings. The van der Waals surface area contributed by atoms with Crippen LogP contribution in [-0.2, 0) is 0 Å². The van der Waals surface area contributed by atoms with Gasteiger partial charge in [0.1, 0.15) is 0 Å². The fraction of sp³-hybridized carbons (Fsp3) is 0.278. The van der Waals surface area contributed by atoms with Crippen LogP contribution >= 0.6 is 0 Å². The van der Waals surface area contributed by atoms with Crippen LogP contribution in [-0.4, -0.2) is 18.9 Å². The average molecular weight is 280 g/mol. The van der Waals surface area contributed by atoms with Crippen molar-refractivity contribution >= 4 is 11.5 Å². The number of fused-ring (bicyclic) bond motifs is 3. The number of carbonyl (C=O) groups excluding carboxylic acids is 1. The van der Waals surface area contributed by atoms with E-state index in [1.165, 1.54) is 0 Å². The minimum atomic E-state index is 0.132. The number of hydrogen-bond donors (Lipinski definition) is 2. The molecule has 0 saturated carbocycles. The molecule has 0 heterocycles. The number of rotatable bonds is 6. The average Bonchev–Trinajstić information content (AvgIpc) is 2.81. The lowest BCUT2D eigenvalue weighted by atomic mass is 10.1. The third-order valence-corrected chi connectivity index (χ3v) is 3.94. The van der Waals surface area contributed by atoms with Gasteiger partial charge in [-0.3, -0.25) is 4.79 Å². The number of benzene rings is 2. The van der Waals surface area contributed by atoms with Gasteiger partial charge in [-0.1, -0.05) is 36.8 Å². The smallest absolute Gasteiger partial charge is 0.194 e. The van der Waals surface area contributed by atoms with E-state index < -0.39 is 0 Å². The van der Waals surface area contributed by atoms with Crippen LogP contribution in [0.2, 0.25) is 0 Å². The van der Waals surface area contributed by atoms with E-state index in [0.717, 1.165) is 60.3 Å². The van der Waals surface area contributed by atoms with Gasteiger partial charge in [-0.2, -0.15) is 0 Å². The summed E-state index contributed by atoms with van der Waals surface area (Å²) >= 11 is 0. The minimum absolute atomic E-state index is 0.132. The van der Waals surface area contributed by atoms with Gasteiger partial charge < -0.3 is 11.1 Å². The summed E-state index contributed by atoms with van der Waals surface area (Å²) in [5, 5.41) is 3.39. The van der Waals surface area contributed by atoms with Crippen LogP contribution in [0.1, 0.15) is 35.2 Å². The zero-order valence-electron chi connectivity index (χ0n) is 12.1. The molecule has 3 nitrogen and oxygen atoms in total. The third-order valence-electron chi connectivity index (χ3n) is 3.94. The van der Waals surface area contributed by atoms with Crippen LogP contribution in [0.15, 0.2) is 42.5 Å². The molecule has 2 aromatic rings. The Hall–Kier alpha value is -2.13. The van der Waals surface area contributed by atoms with E-state index in [2.05, 4.69) is 11.4 Å². The minimum Gasteiger partial charge on any atom is -0.385 e. The Bertz CT molecular complexity index is 664. The van der Waals surface area contributed by atoms with E-state index in [4.69, 9.17) is 5.73 Å². The molecule has 3 N–H and O–H groups in total. The molecule has 3 heteroatoms. The van der Waals surface area contributed by atoms with E-state index in [9.17, 15) is 4.79 Å². The molecule has 21 heavy (non-hydrogen) atoms. The molecule has 3 rings (SSSR count). The summed E-state index contributed by atoms with van der Waals surface area (Å²) in [7, 11) is 0. The zero-order valence-corrected chi connectivity index (χ0v) is 12.1. The number of hydrogen-bond acceptors (Lipinski definition) is 3. The van der Waals surface area contributed by atoms with Gasteiger partial charge in [0.05, 0.1) is 0 Å². The Morgan fingerprint density at radius 1 is 0.857 bits per heavy atom. The largest absolute Gasteiger partial charge is 0.385 e.